The fourth-order valence-corrected chi connectivity index (χ4v) is 1.97. The van der Waals surface area contributed by atoms with Crippen LogP contribution in [0.15, 0.2) is 24.5 Å². The van der Waals surface area contributed by atoms with Crippen LogP contribution in [0.1, 0.15) is 29.6 Å². The molecule has 5 nitrogen and oxygen atoms in total. The number of hydrogen-bond acceptors (Lipinski definition) is 4. The maximum absolute atomic E-state index is 11.7. The Labute approximate surface area is 113 Å². The molecule has 1 aliphatic rings. The highest BCUT2D eigenvalue weighted by atomic mass is 16.5. The van der Waals surface area contributed by atoms with Crippen LogP contribution in [-0.2, 0) is 9.47 Å². The van der Waals surface area contributed by atoms with E-state index in [0.717, 1.165) is 25.9 Å². The van der Waals surface area contributed by atoms with Crippen molar-refractivity contribution in [1.29, 1.82) is 0 Å². The number of carbonyl (C=O) groups excluding carboxylic acids is 1. The van der Waals surface area contributed by atoms with Gasteiger partial charge in [0.25, 0.3) is 5.91 Å². The molecule has 1 aliphatic heterocycles. The summed E-state index contributed by atoms with van der Waals surface area (Å²) in [6.45, 7) is 2.79. The summed E-state index contributed by atoms with van der Waals surface area (Å²) < 4.78 is 11.0. The number of nitrogens with one attached hydrogen (secondary N) is 1. The average Bonchev–Trinajstić information content (AvgIpc) is 2.96. The fraction of sp³-hybridized carbons (Fsp3) is 0.571. The van der Waals surface area contributed by atoms with E-state index >= 15 is 0 Å². The van der Waals surface area contributed by atoms with Gasteiger partial charge in [-0.25, -0.2) is 0 Å². The first-order valence-electron chi connectivity index (χ1n) is 6.74. The number of rotatable bonds is 7. The second kappa shape index (κ2) is 7.86. The van der Waals surface area contributed by atoms with E-state index in [-0.39, 0.29) is 12.0 Å². The van der Waals surface area contributed by atoms with Crippen LogP contribution in [0.4, 0.5) is 0 Å². The second-order valence-corrected chi connectivity index (χ2v) is 4.56. The molecule has 104 valence electrons. The molecule has 19 heavy (non-hydrogen) atoms. The van der Waals surface area contributed by atoms with Crippen molar-refractivity contribution >= 4 is 5.91 Å². The highest BCUT2D eigenvalue weighted by Crippen LogP contribution is 2.11. The number of nitrogens with zero attached hydrogens (tertiary/aromatic N) is 1. The summed E-state index contributed by atoms with van der Waals surface area (Å²) in [5.74, 6) is -0.0680. The van der Waals surface area contributed by atoms with Crippen LogP contribution in [0.25, 0.3) is 0 Å². The van der Waals surface area contributed by atoms with Gasteiger partial charge in [0.1, 0.15) is 0 Å². The molecule has 1 fully saturated rings. The largest absolute Gasteiger partial charge is 0.379 e. The van der Waals surface area contributed by atoms with Crippen molar-refractivity contribution in [2.24, 2.45) is 0 Å². The zero-order chi connectivity index (χ0) is 13.3. The van der Waals surface area contributed by atoms with Gasteiger partial charge in [0.05, 0.1) is 12.7 Å². The van der Waals surface area contributed by atoms with E-state index in [2.05, 4.69) is 10.3 Å². The van der Waals surface area contributed by atoms with E-state index in [0.29, 0.717) is 25.3 Å². The van der Waals surface area contributed by atoms with Crippen molar-refractivity contribution in [1.82, 2.24) is 10.3 Å². The number of carbonyl (C=O) groups is 1. The minimum Gasteiger partial charge on any atom is -0.379 e. The number of pyridine rings is 1. The highest BCUT2D eigenvalue weighted by Gasteiger charge is 2.14. The summed E-state index contributed by atoms with van der Waals surface area (Å²) in [5, 5.41) is 2.85. The van der Waals surface area contributed by atoms with E-state index < -0.39 is 0 Å². The van der Waals surface area contributed by atoms with Crippen molar-refractivity contribution in [2.45, 2.75) is 25.4 Å². The maximum atomic E-state index is 11.7. The van der Waals surface area contributed by atoms with Gasteiger partial charge in [-0.15, -0.1) is 0 Å². The zero-order valence-electron chi connectivity index (χ0n) is 11.0. The number of amides is 1. The first-order chi connectivity index (χ1) is 9.36. The lowest BCUT2D eigenvalue weighted by Gasteiger charge is -2.10. The quantitative estimate of drug-likeness (QED) is 0.756. The molecule has 0 aliphatic carbocycles. The molecule has 1 saturated heterocycles. The maximum Gasteiger partial charge on any atom is 0.251 e. The molecule has 0 saturated carbocycles. The van der Waals surface area contributed by atoms with Crippen LogP contribution >= 0.6 is 0 Å². The molecule has 2 heterocycles. The first kappa shape index (κ1) is 14.0. The molecule has 1 aromatic heterocycles. The Morgan fingerprint density at radius 3 is 3.05 bits per heavy atom. The Bertz CT molecular complexity index is 378. The normalized spacial score (nSPS) is 18.4. The smallest absolute Gasteiger partial charge is 0.251 e. The average molecular weight is 264 g/mol. The van der Waals surface area contributed by atoms with Crippen LogP contribution in [-0.4, -0.2) is 43.4 Å². The zero-order valence-corrected chi connectivity index (χ0v) is 11.0. The molecule has 0 bridgehead atoms. The summed E-state index contributed by atoms with van der Waals surface area (Å²) in [5.41, 5.74) is 0.635. The van der Waals surface area contributed by atoms with Gasteiger partial charge in [-0.05, 0) is 31.4 Å². The Morgan fingerprint density at radius 1 is 1.47 bits per heavy atom. The van der Waals surface area contributed by atoms with Gasteiger partial charge in [-0.2, -0.15) is 0 Å². The van der Waals surface area contributed by atoms with Crippen LogP contribution < -0.4 is 5.32 Å². The van der Waals surface area contributed by atoms with E-state index in [1.807, 2.05) is 0 Å². The molecule has 0 aromatic carbocycles. The van der Waals surface area contributed by atoms with Crippen LogP contribution in [0.3, 0.4) is 0 Å². The third-order valence-electron chi connectivity index (χ3n) is 3.02. The lowest BCUT2D eigenvalue weighted by atomic mass is 10.2. The van der Waals surface area contributed by atoms with Gasteiger partial charge in [0, 0.05) is 37.7 Å². The minimum absolute atomic E-state index is 0.0680. The van der Waals surface area contributed by atoms with E-state index in [9.17, 15) is 4.79 Å². The van der Waals surface area contributed by atoms with Crippen LogP contribution in [0, 0.1) is 0 Å². The van der Waals surface area contributed by atoms with Crippen molar-refractivity contribution in [2.75, 3.05) is 26.4 Å². The SMILES string of the molecule is O=C(NCCCOCC1CCCO1)c1ccncc1. The molecule has 1 amide bonds. The molecular weight excluding hydrogens is 244 g/mol. The van der Waals surface area contributed by atoms with Crippen LogP contribution in [0.5, 0.6) is 0 Å². The van der Waals surface area contributed by atoms with E-state index in [4.69, 9.17) is 9.47 Å². The third-order valence-corrected chi connectivity index (χ3v) is 3.02. The fourth-order valence-electron chi connectivity index (χ4n) is 1.97. The lowest BCUT2D eigenvalue weighted by Crippen LogP contribution is -2.25. The summed E-state index contributed by atoms with van der Waals surface area (Å²) in [4.78, 5) is 15.6. The van der Waals surface area contributed by atoms with E-state index in [1.54, 1.807) is 24.5 Å². The minimum atomic E-state index is -0.0680. The standard InChI is InChI=1S/C14H20N2O3/c17-14(12-4-7-15-8-5-12)16-6-2-9-18-11-13-3-1-10-19-13/h4-5,7-8,13H,1-3,6,9-11H2,(H,16,17). The summed E-state index contributed by atoms with van der Waals surface area (Å²) in [6, 6.07) is 3.40. The Balaban J connectivity index is 1.51. The molecule has 2 rings (SSSR count). The molecule has 1 atom stereocenters. The molecule has 1 N–H and O–H groups in total. The van der Waals surface area contributed by atoms with Gasteiger partial charge in [-0.1, -0.05) is 0 Å². The van der Waals surface area contributed by atoms with E-state index in [1.165, 1.54) is 0 Å². The molecule has 1 aromatic rings. The van der Waals surface area contributed by atoms with Gasteiger partial charge >= 0.3 is 0 Å². The number of ether oxygens (including phenoxy) is 2. The molecule has 0 spiro atoms. The highest BCUT2D eigenvalue weighted by molar-refractivity contribution is 5.93. The Morgan fingerprint density at radius 2 is 2.32 bits per heavy atom. The Hall–Kier alpha value is -1.46. The topological polar surface area (TPSA) is 60.5 Å². The first-order valence-corrected chi connectivity index (χ1v) is 6.74. The second-order valence-electron chi connectivity index (χ2n) is 4.56. The van der Waals surface area contributed by atoms with Gasteiger partial charge in [0.2, 0.25) is 0 Å². The summed E-state index contributed by atoms with van der Waals surface area (Å²) in [7, 11) is 0. The van der Waals surface area contributed by atoms with Gasteiger partial charge in [-0.3, -0.25) is 9.78 Å². The molecule has 1 unspecified atom stereocenters. The van der Waals surface area contributed by atoms with Crippen molar-refractivity contribution in [3.8, 4) is 0 Å². The lowest BCUT2D eigenvalue weighted by molar-refractivity contribution is 0.0166. The van der Waals surface area contributed by atoms with Crippen molar-refractivity contribution in [3.05, 3.63) is 30.1 Å². The number of hydrogen-bond donors (Lipinski definition) is 1. The number of aromatic nitrogens is 1. The molecular formula is C14H20N2O3. The molecule has 5 heteroatoms. The predicted octanol–water partition coefficient (Wildman–Crippen LogP) is 1.40. The Kier molecular flexibility index (Phi) is 5.78. The summed E-state index contributed by atoms with van der Waals surface area (Å²) >= 11 is 0. The molecule has 0 radical (unpaired) electrons. The third kappa shape index (κ3) is 4.96. The monoisotopic (exact) mass is 264 g/mol. The predicted molar refractivity (Wildman–Crippen MR) is 71.0 cm³/mol. The van der Waals surface area contributed by atoms with Gasteiger partial charge < -0.3 is 14.8 Å². The van der Waals surface area contributed by atoms with Crippen molar-refractivity contribution < 1.29 is 14.3 Å². The van der Waals surface area contributed by atoms with Crippen molar-refractivity contribution in [3.63, 3.8) is 0 Å². The van der Waals surface area contributed by atoms with Gasteiger partial charge in [0.15, 0.2) is 0 Å². The summed E-state index contributed by atoms with van der Waals surface area (Å²) in [6.07, 6.45) is 6.53. The van der Waals surface area contributed by atoms with Crippen LogP contribution in [0.2, 0.25) is 0 Å².